The molecule has 0 aromatic carbocycles. The van der Waals surface area contributed by atoms with Crippen LogP contribution in [0.5, 0.6) is 0 Å². The fourth-order valence-corrected chi connectivity index (χ4v) is 8.35. The van der Waals surface area contributed by atoms with E-state index in [0.29, 0.717) is 23.2 Å². The van der Waals surface area contributed by atoms with Crippen LogP contribution in [0, 0.1) is 0 Å². The number of nitrogens with two attached hydrogens (primary N) is 2. The molecule has 4 N–H and O–H groups in total. The standard InChI is InChI=1S/C12H30N2OSi/c1-9(2)16(10(3)4,11(5)6)15-12(14)7-8-13/h9-12H,7-8,13-14H2,1-6H3. The first-order chi connectivity index (χ1) is 7.28. The van der Waals surface area contributed by atoms with Gasteiger partial charge >= 0.3 is 0 Å². The fourth-order valence-electron chi connectivity index (χ4n) is 2.89. The Balaban J connectivity index is 4.90. The Bertz CT molecular complexity index is 174. The summed E-state index contributed by atoms with van der Waals surface area (Å²) in [6.45, 7) is 14.2. The van der Waals surface area contributed by atoms with Crippen molar-refractivity contribution in [3.8, 4) is 0 Å². The Morgan fingerprint density at radius 3 is 1.56 bits per heavy atom. The first kappa shape index (κ1) is 16.1. The highest BCUT2D eigenvalue weighted by molar-refractivity contribution is 6.77. The van der Waals surface area contributed by atoms with E-state index in [9.17, 15) is 0 Å². The van der Waals surface area contributed by atoms with Crippen molar-refractivity contribution in [1.29, 1.82) is 0 Å². The van der Waals surface area contributed by atoms with Crippen LogP contribution in [0.2, 0.25) is 16.6 Å². The lowest BCUT2D eigenvalue weighted by Gasteiger charge is -2.43. The SMILES string of the molecule is CC(C)[Si](OC(N)CCN)(C(C)C)C(C)C. The van der Waals surface area contributed by atoms with Crippen LogP contribution >= 0.6 is 0 Å². The lowest BCUT2D eigenvalue weighted by molar-refractivity contribution is 0.173. The van der Waals surface area contributed by atoms with Crippen LogP contribution < -0.4 is 11.5 Å². The summed E-state index contributed by atoms with van der Waals surface area (Å²) in [5, 5.41) is 0. The molecule has 4 heteroatoms. The first-order valence-electron chi connectivity index (χ1n) is 6.42. The number of hydrogen-bond donors (Lipinski definition) is 2. The van der Waals surface area contributed by atoms with Gasteiger partial charge in [0.25, 0.3) is 0 Å². The van der Waals surface area contributed by atoms with Gasteiger partial charge in [-0.1, -0.05) is 41.5 Å². The minimum atomic E-state index is -1.81. The maximum absolute atomic E-state index is 6.30. The summed E-state index contributed by atoms with van der Waals surface area (Å²) >= 11 is 0. The van der Waals surface area contributed by atoms with Gasteiger partial charge in [-0.2, -0.15) is 0 Å². The molecule has 0 aliphatic rings. The topological polar surface area (TPSA) is 61.3 Å². The minimum Gasteiger partial charge on any atom is -0.401 e. The van der Waals surface area contributed by atoms with Gasteiger partial charge in [-0.05, 0) is 29.6 Å². The molecule has 0 bridgehead atoms. The van der Waals surface area contributed by atoms with Gasteiger partial charge in [0, 0.05) is 0 Å². The Morgan fingerprint density at radius 2 is 1.31 bits per heavy atom. The Kier molecular flexibility index (Phi) is 6.78. The van der Waals surface area contributed by atoms with Crippen LogP contribution in [0.3, 0.4) is 0 Å². The third-order valence-corrected chi connectivity index (χ3v) is 9.64. The lowest BCUT2D eigenvalue weighted by Crippen LogP contribution is -2.52. The highest BCUT2D eigenvalue weighted by Gasteiger charge is 2.46. The molecule has 0 fully saturated rings. The summed E-state index contributed by atoms with van der Waals surface area (Å²) in [6.07, 6.45) is 0.560. The molecular weight excluding hydrogens is 216 g/mol. The van der Waals surface area contributed by atoms with Crippen molar-refractivity contribution in [3.05, 3.63) is 0 Å². The largest absolute Gasteiger partial charge is 0.401 e. The average molecular weight is 246 g/mol. The molecule has 98 valence electrons. The van der Waals surface area contributed by atoms with Crippen molar-refractivity contribution in [2.75, 3.05) is 6.54 Å². The second-order valence-corrected chi connectivity index (χ2v) is 11.0. The van der Waals surface area contributed by atoms with Gasteiger partial charge in [-0.25, -0.2) is 0 Å². The molecule has 0 aliphatic heterocycles. The zero-order valence-electron chi connectivity index (χ0n) is 11.8. The Morgan fingerprint density at radius 1 is 0.938 bits per heavy atom. The molecule has 0 aromatic rings. The quantitative estimate of drug-likeness (QED) is 0.536. The highest BCUT2D eigenvalue weighted by Crippen LogP contribution is 2.42. The molecule has 0 saturated carbocycles. The molecule has 0 rings (SSSR count). The van der Waals surface area contributed by atoms with E-state index >= 15 is 0 Å². The summed E-state index contributed by atoms with van der Waals surface area (Å²) in [5.41, 5.74) is 13.3. The van der Waals surface area contributed by atoms with Crippen molar-refractivity contribution < 1.29 is 4.43 Å². The molecule has 0 radical (unpaired) electrons. The van der Waals surface area contributed by atoms with E-state index in [1.807, 2.05) is 0 Å². The maximum Gasteiger partial charge on any atom is 0.202 e. The van der Waals surface area contributed by atoms with Crippen molar-refractivity contribution >= 4 is 8.32 Å². The van der Waals surface area contributed by atoms with Gasteiger partial charge in [0.05, 0.1) is 6.23 Å². The third kappa shape index (κ3) is 3.55. The van der Waals surface area contributed by atoms with E-state index in [1.54, 1.807) is 0 Å². The van der Waals surface area contributed by atoms with Crippen LogP contribution in [-0.4, -0.2) is 21.1 Å². The Hall–Kier alpha value is 0.0969. The molecule has 1 atom stereocenters. The molecule has 0 aliphatic carbocycles. The molecule has 0 spiro atoms. The summed E-state index contributed by atoms with van der Waals surface area (Å²) in [7, 11) is -1.81. The monoisotopic (exact) mass is 246 g/mol. The van der Waals surface area contributed by atoms with Crippen LogP contribution in [0.15, 0.2) is 0 Å². The Labute approximate surface area is 102 Å². The van der Waals surface area contributed by atoms with Gasteiger partial charge in [0.1, 0.15) is 0 Å². The summed E-state index contributed by atoms with van der Waals surface area (Å²) in [5.74, 6) is 0. The van der Waals surface area contributed by atoms with E-state index < -0.39 is 8.32 Å². The second-order valence-electron chi connectivity index (χ2n) is 5.55. The van der Waals surface area contributed by atoms with Crippen molar-refractivity contribution in [1.82, 2.24) is 0 Å². The van der Waals surface area contributed by atoms with E-state index in [-0.39, 0.29) is 6.23 Å². The number of rotatable bonds is 7. The third-order valence-electron chi connectivity index (χ3n) is 3.51. The first-order valence-corrected chi connectivity index (χ1v) is 8.56. The second kappa shape index (κ2) is 6.74. The smallest absolute Gasteiger partial charge is 0.202 e. The van der Waals surface area contributed by atoms with Crippen LogP contribution in [0.4, 0.5) is 0 Å². The highest BCUT2D eigenvalue weighted by atomic mass is 28.4. The van der Waals surface area contributed by atoms with Crippen molar-refractivity contribution in [2.45, 2.75) is 70.8 Å². The van der Waals surface area contributed by atoms with E-state index in [4.69, 9.17) is 15.9 Å². The van der Waals surface area contributed by atoms with Crippen LogP contribution in [0.1, 0.15) is 48.0 Å². The molecule has 16 heavy (non-hydrogen) atoms. The van der Waals surface area contributed by atoms with Crippen molar-refractivity contribution in [2.24, 2.45) is 11.5 Å². The number of hydrogen-bond acceptors (Lipinski definition) is 3. The normalized spacial score (nSPS) is 15.2. The summed E-state index contributed by atoms with van der Waals surface area (Å²) in [6, 6.07) is 0. The zero-order valence-corrected chi connectivity index (χ0v) is 12.8. The average Bonchev–Trinajstić information content (AvgIpc) is 2.12. The zero-order chi connectivity index (χ0) is 12.9. The maximum atomic E-state index is 6.30. The summed E-state index contributed by atoms with van der Waals surface area (Å²) < 4.78 is 6.30. The van der Waals surface area contributed by atoms with Crippen molar-refractivity contribution in [3.63, 3.8) is 0 Å². The van der Waals surface area contributed by atoms with E-state index in [1.165, 1.54) is 0 Å². The van der Waals surface area contributed by atoms with E-state index in [2.05, 4.69) is 41.5 Å². The minimum absolute atomic E-state index is 0.191. The van der Waals surface area contributed by atoms with Gasteiger partial charge < -0.3 is 15.9 Å². The molecule has 0 amide bonds. The predicted molar refractivity (Wildman–Crippen MR) is 73.8 cm³/mol. The van der Waals surface area contributed by atoms with Crippen LogP contribution in [-0.2, 0) is 4.43 Å². The summed E-state index contributed by atoms with van der Waals surface area (Å²) in [4.78, 5) is 0. The molecular formula is C12H30N2OSi. The lowest BCUT2D eigenvalue weighted by atomic mass is 10.4. The van der Waals surface area contributed by atoms with Crippen LogP contribution in [0.25, 0.3) is 0 Å². The fraction of sp³-hybridized carbons (Fsp3) is 1.00. The molecule has 0 saturated heterocycles. The molecule has 0 aromatic heterocycles. The predicted octanol–water partition coefficient (Wildman–Crippen LogP) is 2.81. The van der Waals surface area contributed by atoms with Gasteiger partial charge in [0.2, 0.25) is 8.32 Å². The molecule has 3 nitrogen and oxygen atoms in total. The van der Waals surface area contributed by atoms with E-state index in [0.717, 1.165) is 6.42 Å². The van der Waals surface area contributed by atoms with Gasteiger partial charge in [-0.15, -0.1) is 0 Å². The van der Waals surface area contributed by atoms with Gasteiger partial charge in [-0.3, -0.25) is 0 Å². The molecule has 1 unspecified atom stereocenters. The van der Waals surface area contributed by atoms with Gasteiger partial charge in [0.15, 0.2) is 0 Å². The molecule has 0 heterocycles.